The summed E-state index contributed by atoms with van der Waals surface area (Å²) in [5.41, 5.74) is 7.29. The first-order valence-electron chi connectivity index (χ1n) is 5.68. The second kappa shape index (κ2) is 3.58. The van der Waals surface area contributed by atoms with E-state index in [0.29, 0.717) is 17.7 Å². The minimum atomic E-state index is -0.280. The third-order valence-electron chi connectivity index (χ3n) is 3.30. The van der Waals surface area contributed by atoms with Crippen molar-refractivity contribution in [1.82, 2.24) is 5.16 Å². The molecule has 1 heterocycles. The smallest absolute Gasteiger partial charge is 0.175 e. The SMILES string of the molecule is CC1CC1c1onc(N)c1-c1cccc(F)c1. The quantitative estimate of drug-likeness (QED) is 0.865. The minimum Gasteiger partial charge on any atom is -0.380 e. The van der Waals surface area contributed by atoms with Gasteiger partial charge in [0.05, 0.1) is 5.56 Å². The molecule has 1 aromatic carbocycles. The van der Waals surface area contributed by atoms with Gasteiger partial charge in [0.2, 0.25) is 0 Å². The molecule has 2 unspecified atom stereocenters. The molecule has 0 radical (unpaired) electrons. The molecule has 17 heavy (non-hydrogen) atoms. The normalized spacial score (nSPS) is 22.7. The van der Waals surface area contributed by atoms with Gasteiger partial charge in [0.25, 0.3) is 0 Å². The highest BCUT2D eigenvalue weighted by Crippen LogP contribution is 2.51. The van der Waals surface area contributed by atoms with E-state index in [-0.39, 0.29) is 5.82 Å². The summed E-state index contributed by atoms with van der Waals surface area (Å²) in [5.74, 6) is 1.82. The molecule has 2 atom stereocenters. The van der Waals surface area contributed by atoms with E-state index in [1.54, 1.807) is 6.07 Å². The maximum absolute atomic E-state index is 13.2. The summed E-state index contributed by atoms with van der Waals surface area (Å²) < 4.78 is 18.5. The number of benzene rings is 1. The van der Waals surface area contributed by atoms with Crippen LogP contribution in [0.2, 0.25) is 0 Å². The Morgan fingerprint density at radius 3 is 2.88 bits per heavy atom. The highest BCUT2D eigenvalue weighted by atomic mass is 19.1. The Morgan fingerprint density at radius 2 is 2.24 bits per heavy atom. The number of rotatable bonds is 2. The molecule has 1 fully saturated rings. The average molecular weight is 232 g/mol. The number of nitrogen functional groups attached to an aromatic ring is 1. The molecular formula is C13H13FN2O. The Morgan fingerprint density at radius 1 is 1.47 bits per heavy atom. The van der Waals surface area contributed by atoms with Gasteiger partial charge in [0.1, 0.15) is 11.6 Å². The lowest BCUT2D eigenvalue weighted by Gasteiger charge is -2.01. The van der Waals surface area contributed by atoms with Crippen LogP contribution in [0, 0.1) is 11.7 Å². The van der Waals surface area contributed by atoms with Gasteiger partial charge < -0.3 is 10.3 Å². The van der Waals surface area contributed by atoms with Crippen LogP contribution in [0.25, 0.3) is 11.1 Å². The molecule has 0 amide bonds. The number of hydrogen-bond donors (Lipinski definition) is 1. The van der Waals surface area contributed by atoms with Gasteiger partial charge in [0.15, 0.2) is 5.82 Å². The number of halogens is 1. The first-order valence-corrected chi connectivity index (χ1v) is 5.68. The van der Waals surface area contributed by atoms with E-state index in [1.807, 2.05) is 6.07 Å². The number of nitrogens with two attached hydrogens (primary N) is 1. The van der Waals surface area contributed by atoms with Gasteiger partial charge in [-0.05, 0) is 30.0 Å². The molecule has 1 aromatic heterocycles. The number of hydrogen-bond acceptors (Lipinski definition) is 3. The fourth-order valence-corrected chi connectivity index (χ4v) is 2.19. The van der Waals surface area contributed by atoms with Gasteiger partial charge >= 0.3 is 0 Å². The molecule has 88 valence electrons. The summed E-state index contributed by atoms with van der Waals surface area (Å²) in [6, 6.07) is 6.35. The van der Waals surface area contributed by atoms with Crippen LogP contribution in [-0.4, -0.2) is 5.16 Å². The zero-order chi connectivity index (χ0) is 12.0. The van der Waals surface area contributed by atoms with E-state index >= 15 is 0 Å². The van der Waals surface area contributed by atoms with Crippen LogP contribution in [0.15, 0.2) is 28.8 Å². The van der Waals surface area contributed by atoms with Gasteiger partial charge in [-0.25, -0.2) is 4.39 Å². The van der Waals surface area contributed by atoms with E-state index in [2.05, 4.69) is 12.1 Å². The first kappa shape index (κ1) is 10.3. The zero-order valence-electron chi connectivity index (χ0n) is 9.48. The molecule has 0 aliphatic heterocycles. The van der Waals surface area contributed by atoms with Crippen LogP contribution in [0.3, 0.4) is 0 Å². The lowest BCUT2D eigenvalue weighted by atomic mass is 10.0. The fourth-order valence-electron chi connectivity index (χ4n) is 2.19. The van der Waals surface area contributed by atoms with Gasteiger partial charge in [-0.2, -0.15) is 0 Å². The van der Waals surface area contributed by atoms with Crippen molar-refractivity contribution in [2.45, 2.75) is 19.3 Å². The summed E-state index contributed by atoms with van der Waals surface area (Å²) in [6.45, 7) is 2.15. The molecule has 3 nitrogen and oxygen atoms in total. The number of aromatic nitrogens is 1. The monoisotopic (exact) mass is 232 g/mol. The average Bonchev–Trinajstić information content (AvgIpc) is 2.88. The lowest BCUT2D eigenvalue weighted by molar-refractivity contribution is 0.384. The van der Waals surface area contributed by atoms with Gasteiger partial charge in [0, 0.05) is 5.92 Å². The van der Waals surface area contributed by atoms with Crippen LogP contribution in [0.4, 0.5) is 10.2 Å². The van der Waals surface area contributed by atoms with Crippen molar-refractivity contribution >= 4 is 5.82 Å². The second-order valence-corrected chi connectivity index (χ2v) is 4.64. The third-order valence-corrected chi connectivity index (χ3v) is 3.30. The van der Waals surface area contributed by atoms with Crippen LogP contribution in [0.1, 0.15) is 25.0 Å². The summed E-state index contributed by atoms with van der Waals surface area (Å²) in [5, 5.41) is 3.80. The van der Waals surface area contributed by atoms with Crippen molar-refractivity contribution < 1.29 is 8.91 Å². The highest BCUT2D eigenvalue weighted by Gasteiger charge is 2.40. The molecule has 2 N–H and O–H groups in total. The predicted molar refractivity (Wildman–Crippen MR) is 62.8 cm³/mol. The molecule has 1 saturated carbocycles. The standard InChI is InChI=1S/C13H13FN2O/c1-7-5-10(7)12-11(13(15)16-17-12)8-3-2-4-9(14)6-8/h2-4,6-7,10H,5H2,1H3,(H2,15,16). The van der Waals surface area contributed by atoms with E-state index in [1.165, 1.54) is 12.1 Å². The van der Waals surface area contributed by atoms with Crippen molar-refractivity contribution in [3.05, 3.63) is 35.8 Å². The van der Waals surface area contributed by atoms with E-state index < -0.39 is 0 Å². The van der Waals surface area contributed by atoms with Crippen molar-refractivity contribution in [2.24, 2.45) is 5.92 Å². The van der Waals surface area contributed by atoms with Gasteiger partial charge in [-0.1, -0.05) is 24.2 Å². The summed E-state index contributed by atoms with van der Waals surface area (Å²) in [4.78, 5) is 0. The predicted octanol–water partition coefficient (Wildman–Crippen LogP) is 3.19. The number of nitrogens with zero attached hydrogens (tertiary/aromatic N) is 1. The minimum absolute atomic E-state index is 0.280. The van der Waals surface area contributed by atoms with Crippen LogP contribution in [-0.2, 0) is 0 Å². The molecule has 0 saturated heterocycles. The van der Waals surface area contributed by atoms with Crippen molar-refractivity contribution in [1.29, 1.82) is 0 Å². The topological polar surface area (TPSA) is 52.0 Å². The Hall–Kier alpha value is -1.84. The maximum Gasteiger partial charge on any atom is 0.175 e. The van der Waals surface area contributed by atoms with Crippen molar-refractivity contribution in [3.63, 3.8) is 0 Å². The molecule has 1 aliphatic rings. The number of anilines is 1. The van der Waals surface area contributed by atoms with Crippen molar-refractivity contribution in [2.75, 3.05) is 5.73 Å². The molecule has 1 aliphatic carbocycles. The van der Waals surface area contributed by atoms with Crippen LogP contribution < -0.4 is 5.73 Å². The largest absolute Gasteiger partial charge is 0.380 e. The summed E-state index contributed by atoms with van der Waals surface area (Å²) in [7, 11) is 0. The molecular weight excluding hydrogens is 219 g/mol. The van der Waals surface area contributed by atoms with E-state index in [0.717, 1.165) is 23.3 Å². The Balaban J connectivity index is 2.10. The molecule has 0 bridgehead atoms. The molecule has 3 rings (SSSR count). The van der Waals surface area contributed by atoms with Gasteiger partial charge in [-0.15, -0.1) is 0 Å². The molecule has 4 heteroatoms. The molecule has 0 spiro atoms. The lowest BCUT2D eigenvalue weighted by Crippen LogP contribution is -1.90. The maximum atomic E-state index is 13.2. The first-order chi connectivity index (χ1) is 8.16. The summed E-state index contributed by atoms with van der Waals surface area (Å²) in [6.07, 6.45) is 1.08. The third kappa shape index (κ3) is 1.69. The van der Waals surface area contributed by atoms with Crippen LogP contribution in [0.5, 0.6) is 0 Å². The molecule has 2 aromatic rings. The van der Waals surface area contributed by atoms with E-state index in [9.17, 15) is 4.39 Å². The second-order valence-electron chi connectivity index (χ2n) is 4.64. The van der Waals surface area contributed by atoms with Gasteiger partial charge in [-0.3, -0.25) is 0 Å². The zero-order valence-corrected chi connectivity index (χ0v) is 9.48. The van der Waals surface area contributed by atoms with Crippen LogP contribution >= 0.6 is 0 Å². The summed E-state index contributed by atoms with van der Waals surface area (Å²) >= 11 is 0. The Kier molecular flexibility index (Phi) is 2.18. The Labute approximate surface area is 98.4 Å². The highest BCUT2D eigenvalue weighted by molar-refractivity contribution is 5.76. The van der Waals surface area contributed by atoms with Crippen molar-refractivity contribution in [3.8, 4) is 11.1 Å². The Bertz CT molecular complexity index is 564. The van der Waals surface area contributed by atoms with E-state index in [4.69, 9.17) is 10.3 Å². The fraction of sp³-hybridized carbons (Fsp3) is 0.308.